The largest absolute Gasteiger partial charge is 0.493 e. The van der Waals surface area contributed by atoms with Crippen LogP contribution in [-0.4, -0.2) is 37.6 Å². The number of ketones is 1. The summed E-state index contributed by atoms with van der Waals surface area (Å²) in [5.41, 5.74) is 2.12. The Labute approximate surface area is 126 Å². The number of aromatic hydroxyl groups is 1. The molecule has 0 radical (unpaired) electrons. The van der Waals surface area contributed by atoms with Gasteiger partial charge in [0.25, 0.3) is 5.78 Å². The molecule has 1 aliphatic rings. The molecular formula is C15H14N4O3. The van der Waals surface area contributed by atoms with E-state index in [2.05, 4.69) is 15.1 Å². The summed E-state index contributed by atoms with van der Waals surface area (Å²) in [6, 6.07) is 0. The fourth-order valence-corrected chi connectivity index (χ4v) is 2.11. The summed E-state index contributed by atoms with van der Waals surface area (Å²) in [5, 5.41) is 14.3. The van der Waals surface area contributed by atoms with Gasteiger partial charge in [-0.05, 0) is 26.0 Å². The van der Waals surface area contributed by atoms with Crippen molar-refractivity contribution in [3.63, 3.8) is 0 Å². The van der Waals surface area contributed by atoms with Crippen molar-refractivity contribution in [2.45, 2.75) is 13.8 Å². The number of hydrogen-bond acceptors (Lipinski definition) is 6. The van der Waals surface area contributed by atoms with Gasteiger partial charge in [-0.25, -0.2) is 4.98 Å². The molecule has 0 spiro atoms. The second-order valence-electron chi connectivity index (χ2n) is 4.84. The number of rotatable bonds is 2. The lowest BCUT2D eigenvalue weighted by Crippen LogP contribution is -2.09. The summed E-state index contributed by atoms with van der Waals surface area (Å²) >= 11 is 0. The van der Waals surface area contributed by atoms with Crippen LogP contribution < -0.4 is 0 Å². The molecule has 7 nitrogen and oxygen atoms in total. The average molecular weight is 298 g/mol. The Balaban J connectivity index is 2.15. The van der Waals surface area contributed by atoms with Crippen molar-refractivity contribution in [2.75, 3.05) is 7.11 Å². The summed E-state index contributed by atoms with van der Waals surface area (Å²) in [6.07, 6.45) is 6.44. The Morgan fingerprint density at radius 1 is 1.27 bits per heavy atom. The predicted octanol–water partition coefficient (Wildman–Crippen LogP) is 1.50. The van der Waals surface area contributed by atoms with Crippen LogP contribution in [0.2, 0.25) is 0 Å². The number of hydrogen-bond donors (Lipinski definition) is 1. The zero-order valence-corrected chi connectivity index (χ0v) is 12.4. The maximum atomic E-state index is 12.2. The predicted molar refractivity (Wildman–Crippen MR) is 79.1 cm³/mol. The molecule has 0 unspecified atom stereocenters. The van der Waals surface area contributed by atoms with Crippen molar-refractivity contribution >= 4 is 17.6 Å². The van der Waals surface area contributed by atoms with Crippen molar-refractivity contribution in [3.8, 4) is 5.88 Å². The molecule has 22 heavy (non-hydrogen) atoms. The number of methoxy groups -OCH3 is 1. The van der Waals surface area contributed by atoms with Crippen LogP contribution in [0.1, 0.15) is 17.1 Å². The first-order valence-corrected chi connectivity index (χ1v) is 6.63. The first-order valence-electron chi connectivity index (χ1n) is 6.63. The smallest absolute Gasteiger partial charge is 0.254 e. The third kappa shape index (κ3) is 2.16. The van der Waals surface area contributed by atoms with Crippen molar-refractivity contribution in [1.29, 1.82) is 0 Å². The van der Waals surface area contributed by atoms with Crippen LogP contribution in [-0.2, 0) is 9.53 Å². The minimum atomic E-state index is -0.267. The number of aromatic nitrogens is 4. The number of fused-ring (bicyclic) bond motifs is 1. The molecule has 0 aromatic carbocycles. The van der Waals surface area contributed by atoms with Crippen molar-refractivity contribution < 1.29 is 14.6 Å². The fourth-order valence-electron chi connectivity index (χ4n) is 2.11. The molecule has 7 heteroatoms. The van der Waals surface area contributed by atoms with E-state index in [9.17, 15) is 9.90 Å². The molecule has 1 N–H and O–H groups in total. The van der Waals surface area contributed by atoms with Crippen molar-refractivity contribution in [2.24, 2.45) is 0 Å². The van der Waals surface area contributed by atoms with Gasteiger partial charge in [-0.1, -0.05) is 12.2 Å². The Morgan fingerprint density at radius 3 is 2.77 bits per heavy atom. The van der Waals surface area contributed by atoms with Crippen molar-refractivity contribution in [1.82, 2.24) is 19.6 Å². The molecule has 0 atom stereocenters. The second-order valence-corrected chi connectivity index (χ2v) is 4.84. The molecule has 3 rings (SSSR count). The molecule has 0 saturated carbocycles. The summed E-state index contributed by atoms with van der Waals surface area (Å²) in [5.74, 6) is 0.0192. The number of aryl methyl sites for hydroxylation is 2. The van der Waals surface area contributed by atoms with E-state index in [0.717, 1.165) is 5.69 Å². The highest BCUT2D eigenvalue weighted by Gasteiger charge is 2.19. The van der Waals surface area contributed by atoms with Gasteiger partial charge in [0, 0.05) is 5.57 Å². The molecule has 2 heterocycles. The highest BCUT2D eigenvalue weighted by molar-refractivity contribution is 6.12. The van der Waals surface area contributed by atoms with E-state index < -0.39 is 0 Å². The van der Waals surface area contributed by atoms with Crippen LogP contribution in [0, 0.1) is 13.8 Å². The first-order chi connectivity index (χ1) is 10.5. The third-order valence-electron chi connectivity index (χ3n) is 3.42. The number of carbonyl (C=O) groups excluding carboxylic acids is 1. The number of carbonyl (C=O) groups is 1. The second kappa shape index (κ2) is 5.10. The molecule has 0 aliphatic heterocycles. The Kier molecular flexibility index (Phi) is 3.25. The van der Waals surface area contributed by atoms with Crippen LogP contribution in [0.25, 0.3) is 11.9 Å². The molecule has 0 amide bonds. The molecule has 0 fully saturated rings. The standard InChI is InChI=1S/C15H14N4O3/c1-8-9(2)18-19-11(14(21)17-15(19)16-8)7-10-5-4-6-12(22-3)13(10)20/h4-7,21H,1-3H3/b10-7+. The maximum Gasteiger partial charge on any atom is 0.254 e. The third-order valence-corrected chi connectivity index (χ3v) is 3.42. The van der Waals surface area contributed by atoms with Gasteiger partial charge >= 0.3 is 0 Å². The lowest BCUT2D eigenvalue weighted by Gasteiger charge is -2.09. The number of Topliss-reactive ketones (excluding diaryl/α,β-unsaturated/α-hetero) is 1. The Morgan fingerprint density at radius 2 is 2.05 bits per heavy atom. The van der Waals surface area contributed by atoms with Gasteiger partial charge in [0.1, 0.15) is 5.69 Å². The van der Waals surface area contributed by atoms with E-state index in [4.69, 9.17) is 4.74 Å². The van der Waals surface area contributed by atoms with Crippen LogP contribution in [0.15, 0.2) is 29.6 Å². The van der Waals surface area contributed by atoms with E-state index in [1.54, 1.807) is 18.2 Å². The quantitative estimate of drug-likeness (QED) is 0.845. The average Bonchev–Trinajstić information content (AvgIpc) is 2.77. The summed E-state index contributed by atoms with van der Waals surface area (Å²) in [7, 11) is 1.43. The summed E-state index contributed by atoms with van der Waals surface area (Å²) in [6.45, 7) is 3.63. The van der Waals surface area contributed by atoms with Gasteiger partial charge in [-0.3, -0.25) is 4.79 Å². The monoisotopic (exact) mass is 298 g/mol. The Hall–Kier alpha value is -2.96. The minimum Gasteiger partial charge on any atom is -0.493 e. The van der Waals surface area contributed by atoms with Crippen LogP contribution in [0.3, 0.4) is 0 Å². The molecule has 112 valence electrons. The molecular weight excluding hydrogens is 284 g/mol. The molecule has 2 aromatic rings. The van der Waals surface area contributed by atoms with Crippen LogP contribution in [0.5, 0.6) is 5.88 Å². The lowest BCUT2D eigenvalue weighted by molar-refractivity contribution is -0.114. The van der Waals surface area contributed by atoms with E-state index in [1.807, 2.05) is 13.8 Å². The number of imidazole rings is 1. The highest BCUT2D eigenvalue weighted by atomic mass is 16.5. The Bertz CT molecular complexity index is 875. The molecule has 1 aliphatic carbocycles. The number of allylic oxidation sites excluding steroid dienone is 4. The maximum absolute atomic E-state index is 12.2. The van der Waals surface area contributed by atoms with E-state index >= 15 is 0 Å². The minimum absolute atomic E-state index is 0.229. The molecule has 2 aromatic heterocycles. The zero-order chi connectivity index (χ0) is 15.9. The van der Waals surface area contributed by atoms with Crippen LogP contribution >= 0.6 is 0 Å². The van der Waals surface area contributed by atoms with E-state index in [-0.39, 0.29) is 23.2 Å². The summed E-state index contributed by atoms with van der Waals surface area (Å²) in [4.78, 5) is 20.4. The molecule has 0 bridgehead atoms. The van der Waals surface area contributed by atoms with Gasteiger partial charge < -0.3 is 9.84 Å². The lowest BCUT2D eigenvalue weighted by atomic mass is 10.0. The zero-order valence-electron chi connectivity index (χ0n) is 12.4. The SMILES string of the molecule is COC1=CC=C/C(=C\c2c(O)nc3nc(C)c(C)nn23)C1=O. The first kappa shape index (κ1) is 14.0. The van der Waals surface area contributed by atoms with Gasteiger partial charge in [-0.15, -0.1) is 0 Å². The van der Waals surface area contributed by atoms with E-state index in [1.165, 1.54) is 17.7 Å². The fraction of sp³-hybridized carbons (Fsp3) is 0.200. The van der Waals surface area contributed by atoms with Crippen molar-refractivity contribution in [3.05, 3.63) is 46.6 Å². The highest BCUT2D eigenvalue weighted by Crippen LogP contribution is 2.23. The normalized spacial score (nSPS) is 16.4. The van der Waals surface area contributed by atoms with Gasteiger partial charge in [-0.2, -0.15) is 14.6 Å². The number of ether oxygens (including phenoxy) is 1. The topological polar surface area (TPSA) is 89.6 Å². The summed E-state index contributed by atoms with van der Waals surface area (Å²) < 4.78 is 6.43. The van der Waals surface area contributed by atoms with E-state index in [0.29, 0.717) is 17.0 Å². The van der Waals surface area contributed by atoms with Gasteiger partial charge in [0.2, 0.25) is 11.7 Å². The number of nitrogens with zero attached hydrogens (tertiary/aromatic N) is 4. The van der Waals surface area contributed by atoms with Crippen LogP contribution in [0.4, 0.5) is 0 Å². The van der Waals surface area contributed by atoms with Gasteiger partial charge in [0.05, 0.1) is 18.5 Å². The molecule has 0 saturated heterocycles. The van der Waals surface area contributed by atoms with Gasteiger partial charge in [0.15, 0.2) is 5.76 Å².